The normalized spacial score (nSPS) is 20.7. The first kappa shape index (κ1) is 16.4. The monoisotopic (exact) mass is 377 g/mol. The number of fused-ring (bicyclic) bond motifs is 4. The summed E-state index contributed by atoms with van der Waals surface area (Å²) in [7, 11) is 0. The number of benzene rings is 2. The minimum absolute atomic E-state index is 0.0296. The Hall–Kier alpha value is -2.73. The van der Waals surface area contributed by atoms with E-state index in [-0.39, 0.29) is 17.2 Å². The van der Waals surface area contributed by atoms with E-state index in [0.717, 1.165) is 23.1 Å². The number of carbonyl (C=O) groups is 2. The first-order chi connectivity index (χ1) is 13.2. The summed E-state index contributed by atoms with van der Waals surface area (Å²) in [6.45, 7) is 0.557. The van der Waals surface area contributed by atoms with E-state index in [4.69, 9.17) is 0 Å². The molecule has 27 heavy (non-hydrogen) atoms. The van der Waals surface area contributed by atoms with Gasteiger partial charge in [-0.25, -0.2) is 0 Å². The maximum Gasteiger partial charge on any atom is 0.256 e. The molecule has 136 valence electrons. The molecule has 6 heteroatoms. The lowest BCUT2D eigenvalue weighted by atomic mass is 10.1. The van der Waals surface area contributed by atoms with Crippen molar-refractivity contribution in [2.45, 2.75) is 17.8 Å². The van der Waals surface area contributed by atoms with Gasteiger partial charge < -0.3 is 15.2 Å². The maximum atomic E-state index is 12.8. The molecule has 2 amide bonds. The standard InChI is InChI=1S/C21H19N3O2S/c25-19(22-10-9-13-11-23-17-8-4-3-5-14(13)17)18-12-27-21-16-7-2-1-6-15(16)20(26)24(18)21/h1-8,11,18,21,23H,9-10,12H2,(H,22,25)/t18-,21+/m1/s1. The molecule has 0 saturated carbocycles. The number of nitrogens with zero attached hydrogens (tertiary/aromatic N) is 1. The predicted molar refractivity (Wildman–Crippen MR) is 107 cm³/mol. The van der Waals surface area contributed by atoms with Gasteiger partial charge in [0.15, 0.2) is 0 Å². The molecule has 2 atom stereocenters. The third-order valence-corrected chi connectivity index (χ3v) is 6.67. The van der Waals surface area contributed by atoms with E-state index in [1.165, 1.54) is 10.9 Å². The summed E-state index contributed by atoms with van der Waals surface area (Å²) in [5.41, 5.74) is 4.05. The van der Waals surface area contributed by atoms with Gasteiger partial charge >= 0.3 is 0 Å². The van der Waals surface area contributed by atoms with Crippen LogP contribution in [-0.2, 0) is 11.2 Å². The van der Waals surface area contributed by atoms with E-state index in [1.54, 1.807) is 16.7 Å². The van der Waals surface area contributed by atoms with Crippen LogP contribution in [0.3, 0.4) is 0 Å². The zero-order valence-corrected chi connectivity index (χ0v) is 15.5. The highest BCUT2D eigenvalue weighted by Crippen LogP contribution is 2.47. The Kier molecular flexibility index (Phi) is 3.93. The lowest BCUT2D eigenvalue weighted by Crippen LogP contribution is -2.46. The zero-order valence-electron chi connectivity index (χ0n) is 14.6. The van der Waals surface area contributed by atoms with Gasteiger partial charge in [-0.05, 0) is 29.7 Å². The summed E-state index contributed by atoms with van der Waals surface area (Å²) in [5.74, 6) is 0.548. The van der Waals surface area contributed by atoms with Gasteiger partial charge in [0, 0.05) is 35.0 Å². The maximum absolute atomic E-state index is 12.8. The zero-order chi connectivity index (χ0) is 18.4. The average molecular weight is 377 g/mol. The molecule has 0 unspecified atom stereocenters. The van der Waals surface area contributed by atoms with Gasteiger partial charge in [0.05, 0.1) is 0 Å². The largest absolute Gasteiger partial charge is 0.361 e. The Morgan fingerprint density at radius 3 is 2.93 bits per heavy atom. The van der Waals surface area contributed by atoms with Crippen LogP contribution in [0.1, 0.15) is 26.9 Å². The van der Waals surface area contributed by atoms with Crippen molar-refractivity contribution in [1.29, 1.82) is 0 Å². The molecular formula is C21H19N3O2S. The molecule has 2 aliphatic heterocycles. The Bertz CT molecular complexity index is 1040. The van der Waals surface area contributed by atoms with Crippen molar-refractivity contribution in [3.05, 3.63) is 71.4 Å². The van der Waals surface area contributed by atoms with Crippen LogP contribution in [0.2, 0.25) is 0 Å². The van der Waals surface area contributed by atoms with Gasteiger partial charge in [-0.1, -0.05) is 36.4 Å². The number of carbonyl (C=O) groups excluding carboxylic acids is 2. The molecule has 5 rings (SSSR count). The van der Waals surface area contributed by atoms with E-state index < -0.39 is 6.04 Å². The number of hydrogen-bond donors (Lipinski definition) is 2. The molecule has 3 aromatic rings. The van der Waals surface area contributed by atoms with Crippen molar-refractivity contribution >= 4 is 34.5 Å². The number of aromatic amines is 1. The lowest BCUT2D eigenvalue weighted by Gasteiger charge is -2.22. The molecule has 3 heterocycles. The van der Waals surface area contributed by atoms with E-state index in [0.29, 0.717) is 12.3 Å². The van der Waals surface area contributed by atoms with E-state index in [9.17, 15) is 9.59 Å². The molecule has 1 saturated heterocycles. The fourth-order valence-corrected chi connectivity index (χ4v) is 5.48. The average Bonchev–Trinajstić information content (AvgIpc) is 3.38. The van der Waals surface area contributed by atoms with Crippen molar-refractivity contribution in [1.82, 2.24) is 15.2 Å². The van der Waals surface area contributed by atoms with Gasteiger partial charge in [0.25, 0.3) is 5.91 Å². The molecule has 0 aliphatic carbocycles. The van der Waals surface area contributed by atoms with Crippen molar-refractivity contribution < 1.29 is 9.59 Å². The fourth-order valence-electron chi connectivity index (χ4n) is 4.02. The van der Waals surface area contributed by atoms with Crippen LogP contribution >= 0.6 is 11.8 Å². The minimum Gasteiger partial charge on any atom is -0.361 e. The van der Waals surface area contributed by atoms with Crippen LogP contribution in [0.5, 0.6) is 0 Å². The van der Waals surface area contributed by atoms with Crippen molar-refractivity contribution in [2.75, 3.05) is 12.3 Å². The highest BCUT2D eigenvalue weighted by molar-refractivity contribution is 7.99. The van der Waals surface area contributed by atoms with E-state index >= 15 is 0 Å². The summed E-state index contributed by atoms with van der Waals surface area (Å²) >= 11 is 1.67. The Morgan fingerprint density at radius 1 is 1.19 bits per heavy atom. The summed E-state index contributed by atoms with van der Waals surface area (Å²) in [6.07, 6.45) is 2.76. The molecule has 0 bridgehead atoms. The second-order valence-electron chi connectivity index (χ2n) is 6.90. The number of aromatic nitrogens is 1. The topological polar surface area (TPSA) is 65.2 Å². The first-order valence-corrected chi connectivity index (χ1v) is 10.1. The van der Waals surface area contributed by atoms with Crippen molar-refractivity contribution in [3.8, 4) is 0 Å². The van der Waals surface area contributed by atoms with E-state index in [2.05, 4.69) is 16.4 Å². The van der Waals surface area contributed by atoms with Gasteiger partial charge in [-0.2, -0.15) is 0 Å². The first-order valence-electron chi connectivity index (χ1n) is 9.10. The molecule has 2 aliphatic rings. The van der Waals surface area contributed by atoms with Crippen LogP contribution in [-0.4, -0.2) is 40.0 Å². The highest BCUT2D eigenvalue weighted by atomic mass is 32.2. The summed E-state index contributed by atoms with van der Waals surface area (Å²) in [5, 5.41) is 4.19. The van der Waals surface area contributed by atoms with Crippen LogP contribution in [0.15, 0.2) is 54.7 Å². The van der Waals surface area contributed by atoms with Gasteiger partial charge in [-0.15, -0.1) is 11.8 Å². The quantitative estimate of drug-likeness (QED) is 0.734. The van der Waals surface area contributed by atoms with Crippen molar-refractivity contribution in [2.24, 2.45) is 0 Å². The third-order valence-electron chi connectivity index (χ3n) is 5.36. The molecule has 2 aromatic carbocycles. The smallest absolute Gasteiger partial charge is 0.256 e. The number of thioether (sulfide) groups is 1. The van der Waals surface area contributed by atoms with Gasteiger partial charge in [0.1, 0.15) is 11.4 Å². The number of amides is 2. The van der Waals surface area contributed by atoms with Crippen LogP contribution in [0.4, 0.5) is 0 Å². The molecular weight excluding hydrogens is 358 g/mol. The van der Waals surface area contributed by atoms with Crippen molar-refractivity contribution in [3.63, 3.8) is 0 Å². The predicted octanol–water partition coefficient (Wildman–Crippen LogP) is 3.10. The molecule has 5 nitrogen and oxygen atoms in total. The second kappa shape index (κ2) is 6.46. The summed E-state index contributed by atoms with van der Waals surface area (Å²) in [6, 6.07) is 15.4. The number of hydrogen-bond acceptors (Lipinski definition) is 3. The highest BCUT2D eigenvalue weighted by Gasteiger charge is 2.48. The SMILES string of the molecule is O=C(NCCc1c[nH]c2ccccc12)[C@H]1CS[C@H]2c3ccccc3C(=O)N12. The van der Waals surface area contributed by atoms with Gasteiger partial charge in [0.2, 0.25) is 5.91 Å². The summed E-state index contributed by atoms with van der Waals surface area (Å²) in [4.78, 5) is 30.5. The number of rotatable bonds is 4. The Morgan fingerprint density at radius 2 is 2.00 bits per heavy atom. The second-order valence-corrected chi connectivity index (χ2v) is 8.01. The van der Waals surface area contributed by atoms with Gasteiger partial charge in [-0.3, -0.25) is 9.59 Å². The minimum atomic E-state index is -0.400. The molecule has 2 N–H and O–H groups in total. The summed E-state index contributed by atoms with van der Waals surface area (Å²) < 4.78 is 0. The van der Waals surface area contributed by atoms with Crippen LogP contribution in [0, 0.1) is 0 Å². The Balaban J connectivity index is 1.25. The molecule has 1 aromatic heterocycles. The van der Waals surface area contributed by atoms with E-state index in [1.807, 2.05) is 48.7 Å². The third kappa shape index (κ3) is 2.63. The number of nitrogens with one attached hydrogen (secondary N) is 2. The lowest BCUT2D eigenvalue weighted by molar-refractivity contribution is -0.124. The van der Waals surface area contributed by atoms with Crippen LogP contribution < -0.4 is 5.32 Å². The molecule has 1 fully saturated rings. The van der Waals surface area contributed by atoms with Crippen LogP contribution in [0.25, 0.3) is 10.9 Å². The number of H-pyrrole nitrogens is 1. The Labute approximate surface area is 161 Å². The fraction of sp³-hybridized carbons (Fsp3) is 0.238. The number of para-hydroxylation sites is 1. The molecule has 0 spiro atoms. The molecule has 0 radical (unpaired) electrons.